The first-order valence-corrected chi connectivity index (χ1v) is 3.29. The first-order valence-electron chi connectivity index (χ1n) is 3.29. The van der Waals surface area contributed by atoms with Gasteiger partial charge >= 0.3 is 0 Å². The molecule has 0 amide bonds. The minimum Gasteiger partial charge on any atom is -0.328 e. The van der Waals surface area contributed by atoms with E-state index in [4.69, 9.17) is 0 Å². The molecule has 58 valence electrons. The second kappa shape index (κ2) is 1.49. The van der Waals surface area contributed by atoms with Crippen LogP contribution in [0.25, 0.3) is 0 Å². The Morgan fingerprint density at radius 1 is 1.20 bits per heavy atom. The summed E-state index contributed by atoms with van der Waals surface area (Å²) < 4.78 is 42.0. The van der Waals surface area contributed by atoms with Gasteiger partial charge in [0, 0.05) is 12.8 Å². The van der Waals surface area contributed by atoms with E-state index in [1.165, 1.54) is 0 Å². The number of epoxide rings is 1. The van der Waals surface area contributed by atoms with E-state index in [1.807, 2.05) is 0 Å². The van der Waals surface area contributed by atoms with E-state index in [1.54, 1.807) is 0 Å². The van der Waals surface area contributed by atoms with Crippen LogP contribution in [0.5, 0.6) is 0 Å². The summed E-state index contributed by atoms with van der Waals surface area (Å²) in [4.78, 5) is 0. The maximum absolute atomic E-state index is 12.7. The summed E-state index contributed by atoms with van der Waals surface area (Å²) >= 11 is 0. The minimum atomic E-state index is -2.92. The SMILES string of the molecule is FC1(F)CCC[C@]2(F)OC12. The van der Waals surface area contributed by atoms with Gasteiger partial charge in [-0.2, -0.15) is 0 Å². The van der Waals surface area contributed by atoms with Crippen molar-refractivity contribution in [3.8, 4) is 0 Å². The van der Waals surface area contributed by atoms with Crippen molar-refractivity contribution in [1.82, 2.24) is 0 Å². The monoisotopic (exact) mass is 152 g/mol. The van der Waals surface area contributed by atoms with Crippen LogP contribution in [0.1, 0.15) is 19.3 Å². The lowest BCUT2D eigenvalue weighted by molar-refractivity contribution is -0.0458. The van der Waals surface area contributed by atoms with Crippen molar-refractivity contribution < 1.29 is 17.9 Å². The Labute approximate surface area is 56.2 Å². The van der Waals surface area contributed by atoms with Gasteiger partial charge in [-0.15, -0.1) is 0 Å². The third-order valence-electron chi connectivity index (χ3n) is 2.06. The van der Waals surface area contributed by atoms with E-state index in [-0.39, 0.29) is 19.3 Å². The summed E-state index contributed by atoms with van der Waals surface area (Å²) in [7, 11) is 0. The highest BCUT2D eigenvalue weighted by Gasteiger charge is 2.71. The van der Waals surface area contributed by atoms with E-state index in [9.17, 15) is 13.2 Å². The predicted molar refractivity (Wildman–Crippen MR) is 27.5 cm³/mol. The van der Waals surface area contributed by atoms with Gasteiger partial charge < -0.3 is 4.74 Å². The molecule has 1 aliphatic carbocycles. The molecular weight excluding hydrogens is 145 g/mol. The standard InChI is InChI=1S/C6H7F3O/c7-5(8)2-1-3-6(9)4(5)10-6/h4H,1-3H2/t4?,6-/m0/s1. The largest absolute Gasteiger partial charge is 0.328 e. The van der Waals surface area contributed by atoms with E-state index in [0.717, 1.165) is 0 Å². The average Bonchev–Trinajstić information content (AvgIpc) is 2.41. The van der Waals surface area contributed by atoms with Crippen LogP contribution in [-0.2, 0) is 4.74 Å². The molecule has 1 unspecified atom stereocenters. The van der Waals surface area contributed by atoms with Crippen LogP contribution < -0.4 is 0 Å². The van der Waals surface area contributed by atoms with Crippen LogP contribution in [0.4, 0.5) is 13.2 Å². The third kappa shape index (κ3) is 0.682. The van der Waals surface area contributed by atoms with Gasteiger partial charge in [-0.3, -0.25) is 0 Å². The maximum atomic E-state index is 12.7. The van der Waals surface area contributed by atoms with Crippen LogP contribution in [-0.4, -0.2) is 17.9 Å². The lowest BCUT2D eigenvalue weighted by Crippen LogP contribution is -2.33. The Bertz CT molecular complexity index is 170. The summed E-state index contributed by atoms with van der Waals surface area (Å²) in [5.41, 5.74) is 0. The molecule has 0 aromatic rings. The smallest absolute Gasteiger partial charge is 0.279 e. The number of hydrogen-bond acceptors (Lipinski definition) is 1. The predicted octanol–water partition coefficient (Wildman–Crippen LogP) is 1.87. The van der Waals surface area contributed by atoms with Crippen LogP contribution in [0, 0.1) is 0 Å². The van der Waals surface area contributed by atoms with E-state index < -0.39 is 17.9 Å². The van der Waals surface area contributed by atoms with Crippen molar-refractivity contribution in [2.75, 3.05) is 0 Å². The van der Waals surface area contributed by atoms with E-state index in [0.29, 0.717) is 0 Å². The van der Waals surface area contributed by atoms with Crippen molar-refractivity contribution in [3.05, 3.63) is 0 Å². The van der Waals surface area contributed by atoms with Crippen LogP contribution in [0.2, 0.25) is 0 Å². The number of rotatable bonds is 0. The number of ether oxygens (including phenoxy) is 1. The number of alkyl halides is 3. The molecule has 1 nitrogen and oxygen atoms in total. The molecule has 0 spiro atoms. The summed E-state index contributed by atoms with van der Waals surface area (Å²) in [5.74, 6) is -4.89. The molecule has 2 aliphatic rings. The molecule has 1 aliphatic heterocycles. The zero-order valence-electron chi connectivity index (χ0n) is 5.24. The first-order chi connectivity index (χ1) is 4.55. The second-order valence-electron chi connectivity index (χ2n) is 2.90. The molecule has 4 heteroatoms. The fourth-order valence-corrected chi connectivity index (χ4v) is 1.45. The molecule has 10 heavy (non-hydrogen) atoms. The molecule has 2 atom stereocenters. The Hall–Kier alpha value is -0.250. The van der Waals surface area contributed by atoms with Crippen LogP contribution >= 0.6 is 0 Å². The van der Waals surface area contributed by atoms with Gasteiger partial charge in [-0.1, -0.05) is 0 Å². The molecule has 2 fully saturated rings. The van der Waals surface area contributed by atoms with Crippen molar-refractivity contribution in [3.63, 3.8) is 0 Å². The van der Waals surface area contributed by atoms with Crippen molar-refractivity contribution >= 4 is 0 Å². The first kappa shape index (κ1) is 6.46. The van der Waals surface area contributed by atoms with Gasteiger partial charge in [-0.05, 0) is 6.42 Å². The molecule has 0 aromatic heterocycles. The molecule has 0 aromatic carbocycles. The van der Waals surface area contributed by atoms with Gasteiger partial charge in [0.1, 0.15) is 0 Å². The fraction of sp³-hybridized carbons (Fsp3) is 1.00. The highest BCUT2D eigenvalue weighted by Crippen LogP contribution is 2.55. The minimum absolute atomic E-state index is 0.132. The van der Waals surface area contributed by atoms with Crippen molar-refractivity contribution in [2.24, 2.45) is 0 Å². The summed E-state index contributed by atoms with van der Waals surface area (Å²) in [6, 6.07) is 0. The quantitative estimate of drug-likeness (QED) is 0.483. The van der Waals surface area contributed by atoms with E-state index in [2.05, 4.69) is 4.74 Å². The second-order valence-corrected chi connectivity index (χ2v) is 2.90. The maximum Gasteiger partial charge on any atom is 0.279 e. The van der Waals surface area contributed by atoms with Crippen LogP contribution in [0.15, 0.2) is 0 Å². The van der Waals surface area contributed by atoms with Gasteiger partial charge in [0.25, 0.3) is 5.92 Å². The van der Waals surface area contributed by atoms with Crippen LogP contribution in [0.3, 0.4) is 0 Å². The summed E-state index contributed by atoms with van der Waals surface area (Å²) in [6.45, 7) is 0. The molecule has 1 saturated heterocycles. The van der Waals surface area contributed by atoms with E-state index >= 15 is 0 Å². The van der Waals surface area contributed by atoms with Crippen molar-refractivity contribution in [2.45, 2.75) is 37.1 Å². The molecule has 1 heterocycles. The lowest BCUT2D eigenvalue weighted by Gasteiger charge is -2.18. The molecule has 0 radical (unpaired) electrons. The molecule has 2 rings (SSSR count). The topological polar surface area (TPSA) is 12.5 Å². The highest BCUT2D eigenvalue weighted by molar-refractivity contribution is 5.05. The highest BCUT2D eigenvalue weighted by atomic mass is 19.3. The third-order valence-corrected chi connectivity index (χ3v) is 2.06. The Morgan fingerprint density at radius 3 is 2.40 bits per heavy atom. The fourth-order valence-electron chi connectivity index (χ4n) is 1.45. The Kier molecular flexibility index (Phi) is 0.966. The number of hydrogen-bond donors (Lipinski definition) is 0. The molecular formula is C6H7F3O. The van der Waals surface area contributed by atoms with Crippen molar-refractivity contribution in [1.29, 1.82) is 0 Å². The lowest BCUT2D eigenvalue weighted by atomic mass is 9.95. The normalized spacial score (nSPS) is 50.1. The summed E-state index contributed by atoms with van der Waals surface area (Å²) in [6.07, 6.45) is -1.31. The zero-order valence-corrected chi connectivity index (χ0v) is 5.24. The number of halogens is 3. The molecule has 0 N–H and O–H groups in total. The summed E-state index contributed by atoms with van der Waals surface area (Å²) in [5, 5.41) is 0. The van der Waals surface area contributed by atoms with Gasteiger partial charge in [-0.25, -0.2) is 13.2 Å². The van der Waals surface area contributed by atoms with Gasteiger partial charge in [0.15, 0.2) is 6.10 Å². The van der Waals surface area contributed by atoms with Gasteiger partial charge in [0.05, 0.1) is 0 Å². The molecule has 0 bridgehead atoms. The van der Waals surface area contributed by atoms with Gasteiger partial charge in [0.2, 0.25) is 5.85 Å². The Morgan fingerprint density at radius 2 is 1.90 bits per heavy atom. The molecule has 1 saturated carbocycles. The Balaban J connectivity index is 2.16. The average molecular weight is 152 g/mol. The zero-order chi connectivity index (χ0) is 7.41. The number of fused-ring (bicyclic) bond motifs is 1.